The molecule has 0 unspecified atom stereocenters. The predicted octanol–water partition coefficient (Wildman–Crippen LogP) is 3.76. The van der Waals surface area contributed by atoms with E-state index in [0.29, 0.717) is 16.8 Å². The smallest absolute Gasteiger partial charge is 0.335 e. The Kier molecular flexibility index (Phi) is 7.97. The summed E-state index contributed by atoms with van der Waals surface area (Å²) in [5, 5.41) is 17.1. The van der Waals surface area contributed by atoms with Crippen molar-refractivity contribution in [1.29, 1.82) is 0 Å². The Morgan fingerprint density at radius 2 is 1.54 bits per heavy atom. The second-order valence-electron chi connectivity index (χ2n) is 7.36. The van der Waals surface area contributed by atoms with Gasteiger partial charge in [0.05, 0.1) is 18.4 Å². The highest BCUT2D eigenvalue weighted by Crippen LogP contribution is 2.26. The molecule has 0 aliphatic carbocycles. The fourth-order valence-electron chi connectivity index (χ4n) is 3.10. The van der Waals surface area contributed by atoms with E-state index in [1.54, 1.807) is 54.6 Å². The van der Waals surface area contributed by atoms with Crippen molar-refractivity contribution in [2.75, 3.05) is 17.7 Å². The van der Waals surface area contributed by atoms with Crippen molar-refractivity contribution in [3.05, 3.63) is 95.2 Å². The zero-order valence-corrected chi connectivity index (χ0v) is 19.0. The molecular formula is C26H23N3O6. The molecule has 3 aromatic rings. The molecule has 4 N–H and O–H groups in total. The number of amides is 3. The van der Waals surface area contributed by atoms with Gasteiger partial charge in [0.25, 0.3) is 11.8 Å². The molecule has 9 nitrogen and oxygen atoms in total. The van der Waals surface area contributed by atoms with Gasteiger partial charge in [0.15, 0.2) is 0 Å². The minimum atomic E-state index is -1.17. The summed E-state index contributed by atoms with van der Waals surface area (Å²) in [7, 11) is 1.38. The molecule has 3 amide bonds. The second-order valence-corrected chi connectivity index (χ2v) is 7.36. The monoisotopic (exact) mass is 473 g/mol. The average molecular weight is 473 g/mol. The van der Waals surface area contributed by atoms with Crippen LogP contribution in [0.4, 0.5) is 11.4 Å². The molecule has 0 aromatic heterocycles. The summed E-state index contributed by atoms with van der Waals surface area (Å²) in [5.41, 5.74) is 1.48. The third-order valence-corrected chi connectivity index (χ3v) is 4.77. The third kappa shape index (κ3) is 6.78. The summed E-state index contributed by atoms with van der Waals surface area (Å²) in [6, 6.07) is 19.0. The van der Waals surface area contributed by atoms with Crippen LogP contribution in [-0.2, 0) is 9.59 Å². The maximum Gasteiger partial charge on any atom is 0.335 e. The van der Waals surface area contributed by atoms with Crippen molar-refractivity contribution in [2.24, 2.45) is 0 Å². The lowest BCUT2D eigenvalue weighted by atomic mass is 10.1. The fourth-order valence-corrected chi connectivity index (χ4v) is 3.10. The van der Waals surface area contributed by atoms with Crippen LogP contribution >= 0.6 is 0 Å². The highest BCUT2D eigenvalue weighted by Gasteiger charge is 2.18. The Labute approximate surface area is 201 Å². The van der Waals surface area contributed by atoms with Crippen LogP contribution in [0.2, 0.25) is 0 Å². The van der Waals surface area contributed by atoms with Gasteiger partial charge < -0.3 is 25.8 Å². The van der Waals surface area contributed by atoms with Crippen molar-refractivity contribution in [1.82, 2.24) is 5.32 Å². The van der Waals surface area contributed by atoms with E-state index in [0.717, 1.165) is 0 Å². The number of carboxylic acid groups (broad SMARTS) is 1. The molecule has 3 rings (SSSR count). The molecule has 0 radical (unpaired) electrons. The first-order chi connectivity index (χ1) is 16.8. The van der Waals surface area contributed by atoms with Crippen LogP contribution < -0.4 is 20.7 Å². The summed E-state index contributed by atoms with van der Waals surface area (Å²) in [6.45, 7) is 1.39. The zero-order chi connectivity index (χ0) is 25.4. The number of hydrogen-bond acceptors (Lipinski definition) is 5. The number of carbonyl (C=O) groups is 4. The Balaban J connectivity index is 1.94. The van der Waals surface area contributed by atoms with E-state index in [4.69, 9.17) is 4.74 Å². The number of aromatic carboxylic acids is 1. The van der Waals surface area contributed by atoms with Gasteiger partial charge in [0.2, 0.25) is 5.91 Å². The van der Waals surface area contributed by atoms with Gasteiger partial charge in [-0.1, -0.05) is 30.3 Å². The average Bonchev–Trinajstić information content (AvgIpc) is 2.84. The molecule has 3 aromatic carbocycles. The molecule has 0 saturated carbocycles. The number of methoxy groups -OCH3 is 1. The maximum absolute atomic E-state index is 13.2. The van der Waals surface area contributed by atoms with Gasteiger partial charge in [-0.05, 0) is 54.1 Å². The summed E-state index contributed by atoms with van der Waals surface area (Å²) < 4.78 is 5.23. The fraction of sp³-hybridized carbons (Fsp3) is 0.0769. The van der Waals surface area contributed by atoms with E-state index in [-0.39, 0.29) is 28.6 Å². The van der Waals surface area contributed by atoms with Crippen LogP contribution in [0.5, 0.6) is 5.75 Å². The first kappa shape index (κ1) is 24.7. The quantitative estimate of drug-likeness (QED) is 0.368. The Morgan fingerprint density at radius 1 is 0.857 bits per heavy atom. The first-order valence-electron chi connectivity index (χ1n) is 10.4. The van der Waals surface area contributed by atoms with E-state index < -0.39 is 17.8 Å². The summed E-state index contributed by atoms with van der Waals surface area (Å²) in [5.74, 6) is -2.34. The summed E-state index contributed by atoms with van der Waals surface area (Å²) in [4.78, 5) is 48.6. The highest BCUT2D eigenvalue weighted by molar-refractivity contribution is 6.11. The Bertz CT molecular complexity index is 1280. The van der Waals surface area contributed by atoms with Gasteiger partial charge in [0, 0.05) is 18.2 Å². The Hall–Kier alpha value is -4.92. The van der Waals surface area contributed by atoms with E-state index >= 15 is 0 Å². The molecule has 0 heterocycles. The van der Waals surface area contributed by atoms with Crippen LogP contribution in [-0.4, -0.2) is 35.9 Å². The van der Waals surface area contributed by atoms with Crippen molar-refractivity contribution in [3.63, 3.8) is 0 Å². The number of hydrogen-bond donors (Lipinski definition) is 4. The number of anilines is 2. The largest absolute Gasteiger partial charge is 0.495 e. The lowest BCUT2D eigenvalue weighted by Gasteiger charge is -2.14. The Morgan fingerprint density at radius 3 is 2.14 bits per heavy atom. The molecule has 0 aliphatic heterocycles. The van der Waals surface area contributed by atoms with Crippen molar-refractivity contribution in [3.8, 4) is 5.75 Å². The van der Waals surface area contributed by atoms with Crippen LogP contribution in [0.25, 0.3) is 6.08 Å². The van der Waals surface area contributed by atoms with E-state index in [1.807, 2.05) is 0 Å². The first-order valence-corrected chi connectivity index (χ1v) is 10.4. The van der Waals surface area contributed by atoms with E-state index in [2.05, 4.69) is 16.0 Å². The topological polar surface area (TPSA) is 134 Å². The minimum absolute atomic E-state index is 0.0477. The van der Waals surface area contributed by atoms with Crippen molar-refractivity contribution >= 4 is 41.1 Å². The number of carbonyl (C=O) groups excluding carboxylic acids is 3. The molecule has 0 saturated heterocycles. The lowest BCUT2D eigenvalue weighted by Crippen LogP contribution is -2.30. The van der Waals surface area contributed by atoms with E-state index in [1.165, 1.54) is 38.3 Å². The number of rotatable bonds is 8. The summed E-state index contributed by atoms with van der Waals surface area (Å²) in [6.07, 6.45) is 1.46. The number of nitrogens with one attached hydrogen (secondary N) is 3. The van der Waals surface area contributed by atoms with Crippen LogP contribution in [0, 0.1) is 0 Å². The summed E-state index contributed by atoms with van der Waals surface area (Å²) >= 11 is 0. The molecule has 0 aliphatic rings. The SMILES string of the molecule is COc1ccc(C(=O)O)cc1NC(=O)C(=Cc1ccc(NC(C)=O)cc1)NC(=O)c1ccccc1. The highest BCUT2D eigenvalue weighted by atomic mass is 16.5. The minimum Gasteiger partial charge on any atom is -0.495 e. The molecule has 35 heavy (non-hydrogen) atoms. The standard InChI is InChI=1S/C26H23N3O6/c1-16(30)27-20-11-8-17(9-12-20)14-22(29-24(31)18-6-4-3-5-7-18)25(32)28-21-15-19(26(33)34)10-13-23(21)35-2/h3-15H,1-2H3,(H,27,30)(H,28,32)(H,29,31)(H,33,34). The molecule has 0 bridgehead atoms. The van der Waals surface area contributed by atoms with Gasteiger partial charge in [-0.3, -0.25) is 14.4 Å². The van der Waals surface area contributed by atoms with E-state index in [9.17, 15) is 24.3 Å². The van der Waals surface area contributed by atoms with Gasteiger partial charge in [-0.2, -0.15) is 0 Å². The van der Waals surface area contributed by atoms with Crippen LogP contribution in [0.3, 0.4) is 0 Å². The molecule has 0 spiro atoms. The van der Waals surface area contributed by atoms with Gasteiger partial charge in [0.1, 0.15) is 11.4 Å². The van der Waals surface area contributed by atoms with Gasteiger partial charge >= 0.3 is 5.97 Å². The van der Waals surface area contributed by atoms with Gasteiger partial charge in [-0.25, -0.2) is 4.79 Å². The zero-order valence-electron chi connectivity index (χ0n) is 19.0. The van der Waals surface area contributed by atoms with Crippen LogP contribution in [0.1, 0.15) is 33.2 Å². The number of benzene rings is 3. The molecule has 178 valence electrons. The lowest BCUT2D eigenvalue weighted by molar-refractivity contribution is -0.114. The van der Waals surface area contributed by atoms with Crippen molar-refractivity contribution in [2.45, 2.75) is 6.92 Å². The maximum atomic E-state index is 13.2. The number of carboxylic acids is 1. The molecule has 0 fully saturated rings. The third-order valence-electron chi connectivity index (χ3n) is 4.77. The molecule has 9 heteroatoms. The molecule has 0 atom stereocenters. The second kappa shape index (κ2) is 11.3. The molecular weight excluding hydrogens is 450 g/mol. The predicted molar refractivity (Wildman–Crippen MR) is 131 cm³/mol. The normalized spacial score (nSPS) is 10.7. The number of ether oxygens (including phenoxy) is 1. The van der Waals surface area contributed by atoms with Crippen LogP contribution in [0.15, 0.2) is 78.5 Å². The van der Waals surface area contributed by atoms with Gasteiger partial charge in [-0.15, -0.1) is 0 Å². The van der Waals surface area contributed by atoms with Crippen molar-refractivity contribution < 1.29 is 29.0 Å².